The number of fused-ring (bicyclic) bond motifs is 1. The lowest BCUT2D eigenvalue weighted by atomic mass is 10.1. The van der Waals surface area contributed by atoms with E-state index in [9.17, 15) is 0 Å². The predicted octanol–water partition coefficient (Wildman–Crippen LogP) is 7.64. The average Bonchev–Trinajstić information content (AvgIpc) is 3.39. The van der Waals surface area contributed by atoms with Crippen molar-refractivity contribution in [2.24, 2.45) is 0 Å². The highest BCUT2D eigenvalue weighted by Gasteiger charge is 2.11. The van der Waals surface area contributed by atoms with Gasteiger partial charge in [-0.1, -0.05) is 93.5 Å². The fourth-order valence-corrected chi connectivity index (χ4v) is 4.57. The first-order chi connectivity index (χ1) is 15.3. The van der Waals surface area contributed by atoms with E-state index in [1.807, 2.05) is 41.0 Å². The van der Waals surface area contributed by atoms with E-state index in [1.54, 1.807) is 11.3 Å². The third kappa shape index (κ3) is 5.95. The zero-order chi connectivity index (χ0) is 21.3. The van der Waals surface area contributed by atoms with Crippen LogP contribution in [0.1, 0.15) is 58.3 Å². The Bertz CT molecular complexity index is 1020. The largest absolute Gasteiger partial charge is 0.494 e. The van der Waals surface area contributed by atoms with Gasteiger partial charge in [-0.15, -0.1) is 0 Å². The van der Waals surface area contributed by atoms with Crippen molar-refractivity contribution in [3.63, 3.8) is 0 Å². The van der Waals surface area contributed by atoms with Crippen molar-refractivity contribution in [3.8, 4) is 27.6 Å². The third-order valence-corrected chi connectivity index (χ3v) is 6.45. The molecule has 0 saturated heterocycles. The summed E-state index contributed by atoms with van der Waals surface area (Å²) in [4.78, 5) is 5.63. The Kier molecular flexibility index (Phi) is 7.72. The molecule has 0 aliphatic carbocycles. The van der Waals surface area contributed by atoms with Crippen LogP contribution < -0.4 is 4.74 Å². The zero-order valence-electron chi connectivity index (χ0n) is 18.3. The monoisotopic (exact) mass is 433 g/mol. The number of hydrogen-bond donors (Lipinski definition) is 0. The maximum atomic E-state index is 5.92. The molecular formula is C26H31N3OS. The van der Waals surface area contributed by atoms with E-state index < -0.39 is 0 Å². The Balaban J connectivity index is 1.25. The molecule has 0 aliphatic heterocycles. The maximum Gasteiger partial charge on any atom is 0.213 e. The summed E-state index contributed by atoms with van der Waals surface area (Å²) >= 11 is 1.61. The van der Waals surface area contributed by atoms with Crippen LogP contribution in [-0.4, -0.2) is 21.2 Å². The minimum atomic E-state index is 0.793. The van der Waals surface area contributed by atoms with Crippen LogP contribution in [0.25, 0.3) is 26.8 Å². The van der Waals surface area contributed by atoms with Crippen LogP contribution >= 0.6 is 11.3 Å². The van der Waals surface area contributed by atoms with Gasteiger partial charge in [-0.25, -0.2) is 9.50 Å². The standard InChI is InChI=1S/C26H31N3OS/c1-2-3-4-5-6-7-8-12-19-30-23-17-15-22(16-18-23)25-28-29-20-24(27-26(29)31-25)21-13-10-9-11-14-21/h9-11,13-18,20H,2-8,12,19H2,1H3. The minimum Gasteiger partial charge on any atom is -0.494 e. The molecule has 0 saturated carbocycles. The van der Waals surface area contributed by atoms with Crippen molar-refractivity contribution >= 4 is 16.3 Å². The molecule has 4 nitrogen and oxygen atoms in total. The van der Waals surface area contributed by atoms with Gasteiger partial charge >= 0.3 is 0 Å². The summed E-state index contributed by atoms with van der Waals surface area (Å²) in [6, 6.07) is 18.5. The van der Waals surface area contributed by atoms with Crippen LogP contribution in [0.4, 0.5) is 0 Å². The molecule has 31 heavy (non-hydrogen) atoms. The molecule has 0 spiro atoms. The Labute approximate surface area is 188 Å². The van der Waals surface area contributed by atoms with Crippen molar-refractivity contribution in [2.45, 2.75) is 58.3 Å². The fourth-order valence-electron chi connectivity index (χ4n) is 3.68. The Morgan fingerprint density at radius 3 is 2.23 bits per heavy atom. The summed E-state index contributed by atoms with van der Waals surface area (Å²) in [5, 5.41) is 5.68. The van der Waals surface area contributed by atoms with Crippen LogP contribution in [-0.2, 0) is 0 Å². The van der Waals surface area contributed by atoms with Crippen molar-refractivity contribution in [2.75, 3.05) is 6.61 Å². The first-order valence-corrected chi connectivity index (χ1v) is 12.3. The van der Waals surface area contributed by atoms with Crippen LogP contribution in [0.3, 0.4) is 0 Å². The van der Waals surface area contributed by atoms with Crippen molar-refractivity contribution in [1.29, 1.82) is 0 Å². The summed E-state index contributed by atoms with van der Waals surface area (Å²) in [5.74, 6) is 0.930. The predicted molar refractivity (Wildman–Crippen MR) is 130 cm³/mol. The number of ether oxygens (including phenoxy) is 1. The van der Waals surface area contributed by atoms with E-state index in [0.29, 0.717) is 0 Å². The summed E-state index contributed by atoms with van der Waals surface area (Å²) in [5.41, 5.74) is 3.16. The van der Waals surface area contributed by atoms with Crippen LogP contribution in [0.15, 0.2) is 60.8 Å². The molecule has 0 unspecified atom stereocenters. The molecule has 0 fully saturated rings. The van der Waals surface area contributed by atoms with Gasteiger partial charge in [0.15, 0.2) is 0 Å². The molecule has 4 rings (SSSR count). The van der Waals surface area contributed by atoms with E-state index in [0.717, 1.165) is 45.6 Å². The summed E-state index contributed by atoms with van der Waals surface area (Å²) in [6.07, 6.45) is 12.5. The number of unbranched alkanes of at least 4 members (excludes halogenated alkanes) is 7. The van der Waals surface area contributed by atoms with Crippen LogP contribution in [0.5, 0.6) is 5.75 Å². The highest BCUT2D eigenvalue weighted by Crippen LogP contribution is 2.29. The van der Waals surface area contributed by atoms with Gasteiger partial charge in [0.25, 0.3) is 0 Å². The van der Waals surface area contributed by atoms with E-state index in [4.69, 9.17) is 14.8 Å². The molecular weight excluding hydrogens is 402 g/mol. The number of aromatic nitrogens is 3. The lowest BCUT2D eigenvalue weighted by molar-refractivity contribution is 0.304. The lowest BCUT2D eigenvalue weighted by Gasteiger charge is -2.06. The average molecular weight is 434 g/mol. The van der Waals surface area contributed by atoms with E-state index >= 15 is 0 Å². The third-order valence-electron chi connectivity index (χ3n) is 5.48. The second kappa shape index (κ2) is 11.1. The van der Waals surface area contributed by atoms with Crippen LogP contribution in [0.2, 0.25) is 0 Å². The van der Waals surface area contributed by atoms with Gasteiger partial charge in [-0.3, -0.25) is 0 Å². The van der Waals surface area contributed by atoms with Crippen molar-refractivity contribution < 1.29 is 4.74 Å². The lowest BCUT2D eigenvalue weighted by Crippen LogP contribution is -1.97. The van der Waals surface area contributed by atoms with Gasteiger partial charge in [0.1, 0.15) is 10.8 Å². The SMILES string of the molecule is CCCCCCCCCCOc1ccc(-c2nn3cc(-c4ccccc4)nc3s2)cc1. The number of rotatable bonds is 12. The van der Waals surface area contributed by atoms with Gasteiger partial charge < -0.3 is 4.74 Å². The highest BCUT2D eigenvalue weighted by atomic mass is 32.1. The molecule has 0 bridgehead atoms. The molecule has 0 aliphatic rings. The minimum absolute atomic E-state index is 0.793. The van der Waals surface area contributed by atoms with E-state index in [1.165, 1.54) is 44.9 Å². The molecule has 0 N–H and O–H groups in total. The molecule has 5 heteroatoms. The Hall–Kier alpha value is -2.66. The van der Waals surface area contributed by atoms with E-state index in [2.05, 4.69) is 31.2 Å². The smallest absolute Gasteiger partial charge is 0.213 e. The number of hydrogen-bond acceptors (Lipinski definition) is 4. The van der Waals surface area contributed by atoms with Crippen molar-refractivity contribution in [1.82, 2.24) is 14.6 Å². The molecule has 2 aromatic heterocycles. The molecule has 0 atom stereocenters. The normalized spacial score (nSPS) is 11.3. The van der Waals surface area contributed by atoms with Crippen molar-refractivity contribution in [3.05, 3.63) is 60.8 Å². The summed E-state index contributed by atoms with van der Waals surface area (Å²) < 4.78 is 7.79. The molecule has 162 valence electrons. The van der Waals surface area contributed by atoms with E-state index in [-0.39, 0.29) is 0 Å². The highest BCUT2D eigenvalue weighted by molar-refractivity contribution is 7.19. The van der Waals surface area contributed by atoms with Gasteiger partial charge in [0.2, 0.25) is 4.96 Å². The Morgan fingerprint density at radius 2 is 1.52 bits per heavy atom. The number of nitrogens with zero attached hydrogens (tertiary/aromatic N) is 3. The molecule has 4 aromatic rings. The molecule has 0 radical (unpaired) electrons. The molecule has 2 aromatic carbocycles. The van der Waals surface area contributed by atoms with Crippen LogP contribution in [0, 0.1) is 0 Å². The Morgan fingerprint density at radius 1 is 0.806 bits per heavy atom. The maximum absolute atomic E-state index is 5.92. The van der Waals surface area contributed by atoms with Gasteiger partial charge in [0.05, 0.1) is 18.5 Å². The second-order valence-corrected chi connectivity index (χ2v) is 8.93. The summed E-state index contributed by atoms with van der Waals surface area (Å²) in [7, 11) is 0. The quantitative estimate of drug-likeness (QED) is 0.215. The molecule has 2 heterocycles. The zero-order valence-corrected chi connectivity index (χ0v) is 19.1. The first kappa shape index (κ1) is 21.6. The van der Waals surface area contributed by atoms with Gasteiger partial charge in [-0.2, -0.15) is 5.10 Å². The molecule has 0 amide bonds. The fraction of sp³-hybridized carbons (Fsp3) is 0.385. The summed E-state index contributed by atoms with van der Waals surface area (Å²) in [6.45, 7) is 3.06. The number of benzene rings is 2. The topological polar surface area (TPSA) is 39.4 Å². The number of imidazole rings is 1. The van der Waals surface area contributed by atoms with Gasteiger partial charge in [0, 0.05) is 11.1 Å². The first-order valence-electron chi connectivity index (χ1n) is 11.5. The van der Waals surface area contributed by atoms with Gasteiger partial charge in [-0.05, 0) is 30.7 Å². The second-order valence-electron chi connectivity index (χ2n) is 7.97.